The largest absolute Gasteiger partial charge is 0.507 e. The molecule has 0 saturated carbocycles. The molecule has 2 N–H and O–H groups in total. The lowest BCUT2D eigenvalue weighted by Gasteiger charge is -2.26. The first-order valence-electron chi connectivity index (χ1n) is 10.8. The number of aliphatic hydroxyl groups excluding tert-OH is 1. The summed E-state index contributed by atoms with van der Waals surface area (Å²) in [6.45, 7) is 0.236. The number of carboxylic acids is 1. The number of carbonyl (C=O) groups is 3. The molecule has 1 saturated heterocycles. The Labute approximate surface area is 205 Å². The normalized spacial score (nSPS) is 17.1. The lowest BCUT2D eigenvalue weighted by Crippen LogP contribution is -2.30. The molecule has 8 nitrogen and oxygen atoms in total. The number of ketones is 1. The summed E-state index contributed by atoms with van der Waals surface area (Å²) in [6, 6.07) is 11.0. The fraction of sp³-hybridized carbons (Fsp3) is 0.320. The average molecular weight is 532 g/mol. The minimum absolute atomic E-state index is 0.00919. The molecular formula is C25H26BrNO7. The lowest BCUT2D eigenvalue weighted by atomic mass is 9.95. The van der Waals surface area contributed by atoms with E-state index in [4.69, 9.17) is 14.6 Å². The van der Waals surface area contributed by atoms with E-state index in [-0.39, 0.29) is 24.3 Å². The van der Waals surface area contributed by atoms with Crippen molar-refractivity contribution in [2.75, 3.05) is 20.8 Å². The van der Waals surface area contributed by atoms with Crippen LogP contribution in [0.4, 0.5) is 0 Å². The third-order valence-electron chi connectivity index (χ3n) is 5.67. The van der Waals surface area contributed by atoms with Gasteiger partial charge in [-0.15, -0.1) is 0 Å². The molecule has 3 rings (SSSR count). The molecule has 1 amide bonds. The minimum atomic E-state index is -0.875. The summed E-state index contributed by atoms with van der Waals surface area (Å²) in [5.74, 6) is -1.71. The minimum Gasteiger partial charge on any atom is -0.507 e. The molecule has 1 aliphatic rings. The maximum Gasteiger partial charge on any atom is 0.303 e. The van der Waals surface area contributed by atoms with Crippen molar-refractivity contribution >= 4 is 39.3 Å². The molecule has 180 valence electrons. The molecule has 1 aliphatic heterocycles. The zero-order valence-electron chi connectivity index (χ0n) is 18.9. The topological polar surface area (TPSA) is 113 Å². The van der Waals surface area contributed by atoms with Crippen molar-refractivity contribution < 1.29 is 34.1 Å². The maximum absolute atomic E-state index is 13.1. The summed E-state index contributed by atoms with van der Waals surface area (Å²) in [4.78, 5) is 38.3. The number of carboxylic acid groups (broad SMARTS) is 1. The Morgan fingerprint density at radius 2 is 1.65 bits per heavy atom. The number of likely N-dealkylation sites (tertiary alicyclic amines) is 1. The SMILES string of the molecule is COc1ccc(C2/C(=C(/O)c3ccc(Br)cc3)C(=O)C(=O)N2CCCCCC(=O)O)cc1OC. The van der Waals surface area contributed by atoms with Crippen LogP contribution in [0.25, 0.3) is 5.76 Å². The van der Waals surface area contributed by atoms with Gasteiger partial charge in [0.25, 0.3) is 11.7 Å². The molecule has 1 heterocycles. The molecule has 0 bridgehead atoms. The summed E-state index contributed by atoms with van der Waals surface area (Å²) < 4.78 is 11.5. The van der Waals surface area contributed by atoms with Crippen molar-refractivity contribution in [3.05, 3.63) is 63.6 Å². The van der Waals surface area contributed by atoms with Crippen LogP contribution in [0.1, 0.15) is 42.9 Å². The van der Waals surface area contributed by atoms with Crippen LogP contribution in [0, 0.1) is 0 Å². The molecule has 34 heavy (non-hydrogen) atoms. The molecule has 0 spiro atoms. The Hall–Kier alpha value is -3.33. The van der Waals surface area contributed by atoms with Gasteiger partial charge in [-0.2, -0.15) is 0 Å². The van der Waals surface area contributed by atoms with Gasteiger partial charge < -0.3 is 24.6 Å². The lowest BCUT2D eigenvalue weighted by molar-refractivity contribution is -0.140. The first kappa shape index (κ1) is 25.3. The second-order valence-electron chi connectivity index (χ2n) is 7.82. The van der Waals surface area contributed by atoms with Crippen LogP contribution in [-0.2, 0) is 14.4 Å². The van der Waals surface area contributed by atoms with Crippen LogP contribution in [0.2, 0.25) is 0 Å². The number of aliphatic carboxylic acids is 1. The number of unbranched alkanes of at least 4 members (excludes halogenated alkanes) is 2. The van der Waals surface area contributed by atoms with Gasteiger partial charge in [-0.05, 0) is 42.7 Å². The van der Waals surface area contributed by atoms with Gasteiger partial charge >= 0.3 is 5.97 Å². The number of benzene rings is 2. The van der Waals surface area contributed by atoms with E-state index < -0.39 is 23.7 Å². The number of amides is 1. The number of ether oxygens (including phenoxy) is 2. The monoisotopic (exact) mass is 531 g/mol. The Morgan fingerprint density at radius 1 is 0.971 bits per heavy atom. The molecule has 0 aliphatic carbocycles. The molecule has 1 atom stereocenters. The quantitative estimate of drug-likeness (QED) is 0.200. The Balaban J connectivity index is 2.04. The zero-order chi connectivity index (χ0) is 24.8. The van der Waals surface area contributed by atoms with Crippen LogP contribution in [0.15, 0.2) is 52.5 Å². The van der Waals surface area contributed by atoms with Gasteiger partial charge in [-0.25, -0.2) is 0 Å². The summed E-state index contributed by atoms with van der Waals surface area (Å²) in [7, 11) is 3.00. The molecule has 0 aromatic heterocycles. The van der Waals surface area contributed by atoms with Crippen molar-refractivity contribution in [3.8, 4) is 11.5 Å². The van der Waals surface area contributed by atoms with Crippen LogP contribution in [0.5, 0.6) is 11.5 Å². The van der Waals surface area contributed by atoms with E-state index >= 15 is 0 Å². The number of hydrogen-bond acceptors (Lipinski definition) is 6. The highest BCUT2D eigenvalue weighted by Crippen LogP contribution is 2.42. The number of halogens is 1. The molecule has 2 aromatic rings. The Bertz CT molecular complexity index is 1110. The summed E-state index contributed by atoms with van der Waals surface area (Å²) >= 11 is 3.35. The smallest absolute Gasteiger partial charge is 0.303 e. The third-order valence-corrected chi connectivity index (χ3v) is 6.20. The van der Waals surface area contributed by atoms with Gasteiger partial charge in [0, 0.05) is 23.0 Å². The van der Waals surface area contributed by atoms with Crippen molar-refractivity contribution in [1.82, 2.24) is 4.90 Å². The number of rotatable bonds is 10. The fourth-order valence-electron chi connectivity index (χ4n) is 3.98. The number of hydrogen-bond donors (Lipinski definition) is 2. The van der Waals surface area contributed by atoms with Crippen molar-refractivity contribution in [2.45, 2.75) is 31.7 Å². The third kappa shape index (κ3) is 5.41. The molecule has 0 radical (unpaired) electrons. The van der Waals surface area contributed by atoms with Crippen molar-refractivity contribution in [3.63, 3.8) is 0 Å². The summed E-state index contributed by atoms with van der Waals surface area (Å²) in [5, 5.41) is 19.9. The number of aliphatic hydroxyl groups is 1. The average Bonchev–Trinajstić information content (AvgIpc) is 3.08. The van der Waals surface area contributed by atoms with Crippen LogP contribution in [-0.4, -0.2) is 53.5 Å². The predicted molar refractivity (Wildman–Crippen MR) is 129 cm³/mol. The van der Waals surface area contributed by atoms with E-state index in [1.165, 1.54) is 19.1 Å². The van der Waals surface area contributed by atoms with E-state index in [1.807, 2.05) is 0 Å². The first-order chi connectivity index (χ1) is 16.3. The zero-order valence-corrected chi connectivity index (χ0v) is 20.5. The maximum atomic E-state index is 13.1. The molecule has 2 aromatic carbocycles. The highest BCUT2D eigenvalue weighted by Gasteiger charge is 2.46. The van der Waals surface area contributed by atoms with Crippen LogP contribution < -0.4 is 9.47 Å². The number of methoxy groups -OCH3 is 2. The van der Waals surface area contributed by atoms with E-state index in [2.05, 4.69) is 15.9 Å². The number of Topliss-reactive ketones (excluding diaryl/α,β-unsaturated/α-hetero) is 1. The summed E-state index contributed by atoms with van der Waals surface area (Å²) in [5.41, 5.74) is 0.985. The van der Waals surface area contributed by atoms with E-state index in [0.29, 0.717) is 41.9 Å². The van der Waals surface area contributed by atoms with Gasteiger partial charge in [0.05, 0.1) is 25.8 Å². The molecule has 1 fully saturated rings. The second-order valence-corrected chi connectivity index (χ2v) is 8.73. The highest BCUT2D eigenvalue weighted by molar-refractivity contribution is 9.10. The van der Waals surface area contributed by atoms with E-state index in [1.54, 1.807) is 42.5 Å². The fourth-order valence-corrected chi connectivity index (χ4v) is 4.24. The van der Waals surface area contributed by atoms with Gasteiger partial charge in [0.15, 0.2) is 11.5 Å². The van der Waals surface area contributed by atoms with Gasteiger partial charge in [0.1, 0.15) is 5.76 Å². The van der Waals surface area contributed by atoms with Gasteiger partial charge in [-0.1, -0.05) is 40.5 Å². The van der Waals surface area contributed by atoms with Gasteiger partial charge in [-0.3, -0.25) is 14.4 Å². The first-order valence-corrected chi connectivity index (χ1v) is 11.6. The second kappa shape index (κ2) is 11.2. The molecule has 1 unspecified atom stereocenters. The number of carbonyl (C=O) groups excluding carboxylic acids is 2. The van der Waals surface area contributed by atoms with E-state index in [0.717, 1.165) is 4.47 Å². The predicted octanol–water partition coefficient (Wildman–Crippen LogP) is 4.53. The Morgan fingerprint density at radius 3 is 2.26 bits per heavy atom. The number of nitrogens with zero attached hydrogens (tertiary/aromatic N) is 1. The van der Waals surface area contributed by atoms with E-state index in [9.17, 15) is 19.5 Å². The van der Waals surface area contributed by atoms with Crippen molar-refractivity contribution in [1.29, 1.82) is 0 Å². The standard InChI is InChI=1S/C25H26BrNO7/c1-33-18-12-9-16(14-19(18)34-2)22-21(23(30)15-7-10-17(26)11-8-15)24(31)25(32)27(22)13-5-3-4-6-20(28)29/h7-12,14,22,30H,3-6,13H2,1-2H3,(H,28,29)/b23-21-. The Kier molecular flexibility index (Phi) is 8.33. The summed E-state index contributed by atoms with van der Waals surface area (Å²) in [6.07, 6.45) is 1.61. The molecule has 9 heteroatoms. The van der Waals surface area contributed by atoms with Crippen molar-refractivity contribution in [2.24, 2.45) is 0 Å². The molecular weight excluding hydrogens is 506 g/mol. The van der Waals surface area contributed by atoms with Gasteiger partial charge in [0.2, 0.25) is 0 Å². The van der Waals surface area contributed by atoms with Crippen LogP contribution >= 0.6 is 15.9 Å². The van der Waals surface area contributed by atoms with Crippen LogP contribution in [0.3, 0.4) is 0 Å². The highest BCUT2D eigenvalue weighted by atomic mass is 79.9.